The van der Waals surface area contributed by atoms with Gasteiger partial charge in [-0.05, 0) is 48.9 Å². The Balaban J connectivity index is 2.19. The van der Waals surface area contributed by atoms with Crippen LogP contribution in [0.1, 0.15) is 28.9 Å². The Kier molecular flexibility index (Phi) is 4.98. The molecule has 0 spiro atoms. The van der Waals surface area contributed by atoms with E-state index in [1.165, 1.54) is 11.0 Å². The Morgan fingerprint density at radius 2 is 1.57 bits per heavy atom. The summed E-state index contributed by atoms with van der Waals surface area (Å²) in [5, 5.41) is 0. The first-order valence-corrected chi connectivity index (χ1v) is 7.30. The van der Waals surface area contributed by atoms with Gasteiger partial charge >= 0.3 is 0 Å². The first-order valence-electron chi connectivity index (χ1n) is 7.30. The Morgan fingerprint density at radius 3 is 2.09 bits per heavy atom. The molecule has 0 aromatic heterocycles. The number of carbonyl (C=O) groups excluding carboxylic acids is 1. The Bertz CT molecular complexity index is 699. The van der Waals surface area contributed by atoms with Crippen LogP contribution in [0.5, 0.6) is 0 Å². The highest BCUT2D eigenvalue weighted by Crippen LogP contribution is 2.23. The normalized spacial score (nSPS) is 11.9. The van der Waals surface area contributed by atoms with E-state index in [-0.39, 0.29) is 11.9 Å². The molecule has 0 aliphatic rings. The van der Waals surface area contributed by atoms with Crippen molar-refractivity contribution < 1.29 is 13.6 Å². The Morgan fingerprint density at radius 1 is 0.957 bits per heavy atom. The maximum atomic E-state index is 13.4. The predicted octanol–water partition coefficient (Wildman–Crippen LogP) is 3.86. The molecule has 1 unspecified atom stereocenters. The average molecular weight is 318 g/mol. The van der Waals surface area contributed by atoms with Crippen LogP contribution in [0, 0.1) is 11.6 Å². The minimum atomic E-state index is -0.912. The highest BCUT2D eigenvalue weighted by atomic mass is 19.2. The van der Waals surface area contributed by atoms with Gasteiger partial charge in [-0.25, -0.2) is 8.78 Å². The zero-order valence-corrected chi connectivity index (χ0v) is 13.7. The molecule has 0 aliphatic carbocycles. The van der Waals surface area contributed by atoms with Gasteiger partial charge in [0.05, 0.1) is 6.04 Å². The van der Waals surface area contributed by atoms with E-state index in [1.807, 2.05) is 31.1 Å². The average Bonchev–Trinajstić information content (AvgIpc) is 2.55. The van der Waals surface area contributed by atoms with E-state index in [1.54, 1.807) is 26.1 Å². The zero-order valence-electron chi connectivity index (χ0n) is 13.7. The van der Waals surface area contributed by atoms with E-state index in [9.17, 15) is 13.6 Å². The highest BCUT2D eigenvalue weighted by molar-refractivity contribution is 5.94. The number of hydrogen-bond donors (Lipinski definition) is 0. The van der Waals surface area contributed by atoms with E-state index in [2.05, 4.69) is 0 Å². The number of carbonyl (C=O) groups is 1. The second-order valence-electron chi connectivity index (χ2n) is 5.71. The summed E-state index contributed by atoms with van der Waals surface area (Å²) in [5.74, 6) is -1.98. The van der Waals surface area contributed by atoms with E-state index < -0.39 is 11.6 Å². The second kappa shape index (κ2) is 6.77. The third-order valence-corrected chi connectivity index (χ3v) is 3.96. The summed E-state index contributed by atoms with van der Waals surface area (Å²) < 4.78 is 26.4. The van der Waals surface area contributed by atoms with Crippen molar-refractivity contribution in [3.8, 4) is 0 Å². The molecule has 2 rings (SSSR count). The lowest BCUT2D eigenvalue weighted by atomic mass is 10.1. The van der Waals surface area contributed by atoms with Crippen molar-refractivity contribution in [1.29, 1.82) is 0 Å². The predicted molar refractivity (Wildman–Crippen MR) is 87.6 cm³/mol. The molecule has 3 nitrogen and oxygen atoms in total. The summed E-state index contributed by atoms with van der Waals surface area (Å²) in [7, 11) is 5.50. The molecular formula is C18H20F2N2O. The van der Waals surface area contributed by atoms with Crippen LogP contribution in [0.15, 0.2) is 42.5 Å². The number of benzene rings is 2. The quantitative estimate of drug-likeness (QED) is 0.854. The molecule has 1 amide bonds. The lowest BCUT2D eigenvalue weighted by molar-refractivity contribution is 0.0742. The number of nitrogens with zero attached hydrogens (tertiary/aromatic N) is 2. The van der Waals surface area contributed by atoms with E-state index in [0.29, 0.717) is 11.1 Å². The van der Waals surface area contributed by atoms with E-state index in [0.717, 1.165) is 17.8 Å². The Labute approximate surface area is 135 Å². The summed E-state index contributed by atoms with van der Waals surface area (Å²) >= 11 is 0. The van der Waals surface area contributed by atoms with Crippen LogP contribution in [0.25, 0.3) is 0 Å². The van der Waals surface area contributed by atoms with Crippen LogP contribution >= 0.6 is 0 Å². The van der Waals surface area contributed by atoms with Crippen molar-refractivity contribution >= 4 is 11.6 Å². The maximum Gasteiger partial charge on any atom is 0.254 e. The van der Waals surface area contributed by atoms with Crippen LogP contribution < -0.4 is 4.90 Å². The first kappa shape index (κ1) is 16.9. The lowest BCUT2D eigenvalue weighted by Crippen LogP contribution is -2.29. The van der Waals surface area contributed by atoms with E-state index >= 15 is 0 Å². The molecular weight excluding hydrogens is 298 g/mol. The molecule has 0 bridgehead atoms. The largest absolute Gasteiger partial charge is 0.378 e. The monoisotopic (exact) mass is 318 g/mol. The molecule has 23 heavy (non-hydrogen) atoms. The van der Waals surface area contributed by atoms with Crippen molar-refractivity contribution in [2.45, 2.75) is 13.0 Å². The summed E-state index contributed by atoms with van der Waals surface area (Å²) in [6.07, 6.45) is 0. The number of hydrogen-bond acceptors (Lipinski definition) is 2. The minimum absolute atomic E-state index is 0.174. The van der Waals surface area contributed by atoms with Crippen molar-refractivity contribution in [2.24, 2.45) is 0 Å². The topological polar surface area (TPSA) is 23.6 Å². The summed E-state index contributed by atoms with van der Waals surface area (Å²) in [6.45, 7) is 1.78. The molecule has 0 heterocycles. The maximum absolute atomic E-state index is 13.4. The summed E-state index contributed by atoms with van der Waals surface area (Å²) in [5.41, 5.74) is 2.09. The fourth-order valence-corrected chi connectivity index (χ4v) is 2.28. The van der Waals surface area contributed by atoms with Gasteiger partial charge < -0.3 is 9.80 Å². The lowest BCUT2D eigenvalue weighted by Gasteiger charge is -2.26. The van der Waals surface area contributed by atoms with Gasteiger partial charge in [-0.1, -0.05) is 6.07 Å². The van der Waals surface area contributed by atoms with Gasteiger partial charge in [-0.2, -0.15) is 0 Å². The van der Waals surface area contributed by atoms with Gasteiger partial charge in [0.25, 0.3) is 5.91 Å². The van der Waals surface area contributed by atoms with Crippen LogP contribution in [0.2, 0.25) is 0 Å². The van der Waals surface area contributed by atoms with Crippen molar-refractivity contribution in [2.75, 3.05) is 26.0 Å². The SMILES string of the molecule is CC(c1ccc(F)c(F)c1)N(C)C(=O)c1ccc(N(C)C)cc1. The fourth-order valence-electron chi connectivity index (χ4n) is 2.28. The van der Waals surface area contributed by atoms with Crippen LogP contribution in [0.4, 0.5) is 14.5 Å². The van der Waals surface area contributed by atoms with Gasteiger partial charge in [0.2, 0.25) is 0 Å². The minimum Gasteiger partial charge on any atom is -0.378 e. The van der Waals surface area contributed by atoms with Gasteiger partial charge in [-0.3, -0.25) is 4.79 Å². The summed E-state index contributed by atoms with van der Waals surface area (Å²) in [4.78, 5) is 16.0. The van der Waals surface area contributed by atoms with Crippen LogP contribution in [-0.2, 0) is 0 Å². The van der Waals surface area contributed by atoms with Gasteiger partial charge in [0, 0.05) is 32.4 Å². The molecule has 0 saturated carbocycles. The first-order chi connectivity index (χ1) is 10.8. The third kappa shape index (κ3) is 3.67. The molecule has 1 atom stereocenters. The third-order valence-electron chi connectivity index (χ3n) is 3.96. The van der Waals surface area contributed by atoms with Crippen molar-refractivity contribution in [3.63, 3.8) is 0 Å². The molecule has 0 saturated heterocycles. The standard InChI is InChI=1S/C18H20F2N2O/c1-12(14-7-10-16(19)17(20)11-14)22(4)18(23)13-5-8-15(9-6-13)21(2)3/h5-12H,1-4H3. The fraction of sp³-hybridized carbons (Fsp3) is 0.278. The molecule has 0 N–H and O–H groups in total. The van der Waals surface area contributed by atoms with Gasteiger partial charge in [0.1, 0.15) is 0 Å². The highest BCUT2D eigenvalue weighted by Gasteiger charge is 2.20. The van der Waals surface area contributed by atoms with Gasteiger partial charge in [0.15, 0.2) is 11.6 Å². The van der Waals surface area contributed by atoms with Crippen LogP contribution in [-0.4, -0.2) is 32.0 Å². The van der Waals surface area contributed by atoms with Crippen LogP contribution in [0.3, 0.4) is 0 Å². The summed E-state index contributed by atoms with van der Waals surface area (Å²) in [6, 6.07) is 10.6. The number of amides is 1. The van der Waals surface area contributed by atoms with Crippen molar-refractivity contribution in [1.82, 2.24) is 4.90 Å². The Hall–Kier alpha value is -2.43. The molecule has 122 valence electrons. The number of rotatable bonds is 4. The van der Waals surface area contributed by atoms with E-state index in [4.69, 9.17) is 0 Å². The molecule has 2 aromatic carbocycles. The smallest absolute Gasteiger partial charge is 0.254 e. The van der Waals surface area contributed by atoms with Gasteiger partial charge in [-0.15, -0.1) is 0 Å². The van der Waals surface area contributed by atoms with Crippen molar-refractivity contribution in [3.05, 3.63) is 65.2 Å². The number of anilines is 1. The molecule has 0 aliphatic heterocycles. The molecule has 0 radical (unpaired) electrons. The molecule has 0 fully saturated rings. The molecule has 5 heteroatoms. The number of halogens is 2. The zero-order chi connectivity index (χ0) is 17.1. The molecule has 2 aromatic rings. The second-order valence-corrected chi connectivity index (χ2v) is 5.71.